The SMILES string of the molecule is C/C=C/c1c(C2CC2)nc2c(c1-c1ccc(F)cc1)C(C)(C)COC1=C2C=CCC=C1.CCC. The molecule has 0 N–H and O–H groups in total. The standard InChI is InChI=1S/C28H28FNO.C3H8/c1-4-8-22-24(18-13-15-20(29)16-14-18)25-27(30-26(22)19-11-12-19)21-9-6-5-7-10-23(21)31-17-28(25,2)3;1-3-2/h4,6-10,13-16,19H,5,11-12,17H2,1-3H3;3H2,1-2H3/b8-4+;. The van der Waals surface area contributed by atoms with E-state index in [-0.39, 0.29) is 11.2 Å². The summed E-state index contributed by atoms with van der Waals surface area (Å²) in [6.45, 7) is 11.3. The van der Waals surface area contributed by atoms with Crippen molar-refractivity contribution < 1.29 is 9.13 Å². The first-order valence-electron chi connectivity index (χ1n) is 12.6. The van der Waals surface area contributed by atoms with Crippen LogP contribution in [0.1, 0.15) is 88.7 Å². The summed E-state index contributed by atoms with van der Waals surface area (Å²) in [5.74, 6) is 1.15. The Kier molecular flexibility index (Phi) is 7.21. The number of fused-ring (bicyclic) bond motifs is 2. The molecule has 0 amide bonds. The van der Waals surface area contributed by atoms with Gasteiger partial charge in [-0.25, -0.2) is 4.39 Å². The maximum atomic E-state index is 13.8. The van der Waals surface area contributed by atoms with E-state index in [2.05, 4.69) is 64.2 Å². The molecule has 1 aromatic carbocycles. The predicted octanol–water partition coefficient (Wildman–Crippen LogP) is 8.75. The number of aromatic nitrogens is 1. The number of benzene rings is 1. The van der Waals surface area contributed by atoms with Crippen LogP contribution in [0.25, 0.3) is 22.8 Å². The van der Waals surface area contributed by atoms with Gasteiger partial charge in [-0.05, 0) is 61.1 Å². The summed E-state index contributed by atoms with van der Waals surface area (Å²) >= 11 is 0. The van der Waals surface area contributed by atoms with E-state index in [1.54, 1.807) is 12.1 Å². The fourth-order valence-corrected chi connectivity index (χ4v) is 4.65. The fourth-order valence-electron chi connectivity index (χ4n) is 4.65. The van der Waals surface area contributed by atoms with Gasteiger partial charge in [-0.3, -0.25) is 4.98 Å². The van der Waals surface area contributed by atoms with Crippen LogP contribution in [-0.2, 0) is 10.2 Å². The zero-order valence-corrected chi connectivity index (χ0v) is 21.1. The topological polar surface area (TPSA) is 22.1 Å². The number of allylic oxidation sites excluding steroid dienone is 6. The molecule has 0 spiro atoms. The second kappa shape index (κ2) is 10.1. The first-order valence-corrected chi connectivity index (χ1v) is 12.6. The van der Waals surface area contributed by atoms with Gasteiger partial charge in [0.05, 0.1) is 18.0 Å². The summed E-state index contributed by atoms with van der Waals surface area (Å²) in [7, 11) is 0. The largest absolute Gasteiger partial charge is 0.492 e. The highest BCUT2D eigenvalue weighted by Gasteiger charge is 2.38. The van der Waals surface area contributed by atoms with Gasteiger partial charge in [0.25, 0.3) is 0 Å². The molecule has 0 unspecified atom stereocenters. The van der Waals surface area contributed by atoms with Crippen LogP contribution in [0, 0.1) is 5.82 Å². The van der Waals surface area contributed by atoms with E-state index in [4.69, 9.17) is 9.72 Å². The van der Waals surface area contributed by atoms with Crippen LogP contribution in [0.4, 0.5) is 4.39 Å². The smallest absolute Gasteiger partial charge is 0.128 e. The summed E-state index contributed by atoms with van der Waals surface area (Å²) < 4.78 is 20.2. The Balaban J connectivity index is 0.000000868. The van der Waals surface area contributed by atoms with Crippen molar-refractivity contribution in [3.05, 3.63) is 88.7 Å². The monoisotopic (exact) mass is 457 g/mol. The van der Waals surface area contributed by atoms with Crippen molar-refractivity contribution in [2.75, 3.05) is 6.61 Å². The van der Waals surface area contributed by atoms with Gasteiger partial charge in [-0.15, -0.1) is 0 Å². The van der Waals surface area contributed by atoms with Crippen LogP contribution < -0.4 is 0 Å². The Labute approximate surface area is 204 Å². The molecule has 2 aromatic rings. The van der Waals surface area contributed by atoms with Crippen LogP contribution in [0.2, 0.25) is 0 Å². The highest BCUT2D eigenvalue weighted by atomic mass is 19.1. The summed E-state index contributed by atoms with van der Waals surface area (Å²) in [5.41, 5.74) is 7.48. The van der Waals surface area contributed by atoms with Crippen molar-refractivity contribution in [2.45, 2.75) is 71.6 Å². The molecule has 1 fully saturated rings. The molecule has 34 heavy (non-hydrogen) atoms. The molecule has 3 heteroatoms. The molecule has 0 saturated heterocycles. The molecule has 2 heterocycles. The first kappa shape index (κ1) is 24.2. The number of ether oxygens (including phenoxy) is 1. The zero-order chi connectivity index (χ0) is 24.3. The molecule has 2 nitrogen and oxygen atoms in total. The predicted molar refractivity (Wildman–Crippen MR) is 141 cm³/mol. The van der Waals surface area contributed by atoms with Crippen molar-refractivity contribution in [3.63, 3.8) is 0 Å². The minimum atomic E-state index is -0.266. The Hall–Kier alpha value is -2.94. The lowest BCUT2D eigenvalue weighted by molar-refractivity contribution is 0.173. The van der Waals surface area contributed by atoms with Gasteiger partial charge >= 0.3 is 0 Å². The van der Waals surface area contributed by atoms with E-state index in [0.29, 0.717) is 12.5 Å². The average molecular weight is 458 g/mol. The third-order valence-corrected chi connectivity index (χ3v) is 6.31. The third-order valence-electron chi connectivity index (χ3n) is 6.31. The number of pyridine rings is 1. The van der Waals surface area contributed by atoms with E-state index >= 15 is 0 Å². The number of halogens is 1. The van der Waals surface area contributed by atoms with Crippen LogP contribution >= 0.6 is 0 Å². The molecule has 5 rings (SSSR count). The second-order valence-electron chi connectivity index (χ2n) is 9.99. The Bertz CT molecular complexity index is 1160. The molecule has 1 aliphatic heterocycles. The van der Waals surface area contributed by atoms with Crippen LogP contribution in [0.15, 0.2) is 60.4 Å². The van der Waals surface area contributed by atoms with Crippen molar-refractivity contribution in [1.82, 2.24) is 4.98 Å². The minimum absolute atomic E-state index is 0.219. The molecule has 0 bridgehead atoms. The van der Waals surface area contributed by atoms with Gasteiger partial charge in [0, 0.05) is 22.5 Å². The normalized spacial score (nSPS) is 18.4. The average Bonchev–Trinajstić information content (AvgIpc) is 3.66. The molecule has 178 valence electrons. The van der Waals surface area contributed by atoms with Gasteiger partial charge < -0.3 is 4.74 Å². The number of rotatable bonds is 3. The molecule has 0 radical (unpaired) electrons. The number of hydrogen-bond donors (Lipinski definition) is 0. The van der Waals surface area contributed by atoms with Gasteiger partial charge in [0.2, 0.25) is 0 Å². The molecule has 1 aromatic heterocycles. The van der Waals surface area contributed by atoms with E-state index < -0.39 is 0 Å². The maximum Gasteiger partial charge on any atom is 0.128 e. The summed E-state index contributed by atoms with van der Waals surface area (Å²) in [6.07, 6.45) is 17.3. The molecule has 1 saturated carbocycles. The highest BCUT2D eigenvalue weighted by molar-refractivity contribution is 5.88. The number of hydrogen-bond acceptors (Lipinski definition) is 2. The van der Waals surface area contributed by atoms with Gasteiger partial charge in [0.15, 0.2) is 0 Å². The van der Waals surface area contributed by atoms with Crippen LogP contribution in [-0.4, -0.2) is 11.6 Å². The lowest BCUT2D eigenvalue weighted by Crippen LogP contribution is -2.26. The second-order valence-corrected chi connectivity index (χ2v) is 9.99. The first-order chi connectivity index (χ1) is 16.4. The van der Waals surface area contributed by atoms with E-state index in [1.165, 1.54) is 30.4 Å². The highest BCUT2D eigenvalue weighted by Crippen LogP contribution is 2.49. The molecular formula is C31H36FNO. The van der Waals surface area contributed by atoms with Gasteiger partial charge in [-0.1, -0.05) is 76.6 Å². The lowest BCUT2D eigenvalue weighted by atomic mass is 9.76. The lowest BCUT2D eigenvalue weighted by Gasteiger charge is -2.30. The Morgan fingerprint density at radius 1 is 1.09 bits per heavy atom. The summed E-state index contributed by atoms with van der Waals surface area (Å²) in [4.78, 5) is 5.33. The number of nitrogens with zero attached hydrogens (tertiary/aromatic N) is 1. The molecule has 3 aliphatic rings. The Morgan fingerprint density at radius 3 is 2.41 bits per heavy atom. The zero-order valence-electron chi connectivity index (χ0n) is 21.1. The Morgan fingerprint density at radius 2 is 1.76 bits per heavy atom. The summed E-state index contributed by atoms with van der Waals surface area (Å²) in [5, 5.41) is 0. The molecule has 2 aliphatic carbocycles. The third kappa shape index (κ3) is 4.80. The van der Waals surface area contributed by atoms with E-state index in [9.17, 15) is 4.39 Å². The van der Waals surface area contributed by atoms with Crippen molar-refractivity contribution >= 4 is 11.6 Å². The van der Waals surface area contributed by atoms with Crippen LogP contribution in [0.5, 0.6) is 0 Å². The molecular weight excluding hydrogens is 421 g/mol. The molecule has 0 atom stereocenters. The van der Waals surface area contributed by atoms with E-state index in [0.717, 1.165) is 40.3 Å². The van der Waals surface area contributed by atoms with Crippen molar-refractivity contribution in [2.24, 2.45) is 0 Å². The summed E-state index contributed by atoms with van der Waals surface area (Å²) in [6, 6.07) is 6.90. The van der Waals surface area contributed by atoms with Gasteiger partial charge in [-0.2, -0.15) is 0 Å². The van der Waals surface area contributed by atoms with Crippen molar-refractivity contribution in [1.29, 1.82) is 0 Å². The maximum absolute atomic E-state index is 13.8. The van der Waals surface area contributed by atoms with Crippen LogP contribution in [0.3, 0.4) is 0 Å². The fraction of sp³-hybridized carbons (Fsp3) is 0.387. The van der Waals surface area contributed by atoms with Gasteiger partial charge in [0.1, 0.15) is 11.6 Å². The quantitative estimate of drug-likeness (QED) is 0.459. The van der Waals surface area contributed by atoms with E-state index in [1.807, 2.05) is 19.1 Å². The van der Waals surface area contributed by atoms with Crippen molar-refractivity contribution in [3.8, 4) is 11.1 Å². The minimum Gasteiger partial charge on any atom is -0.492 e.